The van der Waals surface area contributed by atoms with Crippen molar-refractivity contribution in [2.24, 2.45) is 5.73 Å². The minimum atomic E-state index is -0.211. The van der Waals surface area contributed by atoms with Crippen molar-refractivity contribution in [2.45, 2.75) is 18.4 Å². The Labute approximate surface area is 100 Å². The molecule has 0 saturated heterocycles. The lowest BCUT2D eigenvalue weighted by molar-refractivity contribution is 0.628. The maximum Gasteiger partial charge on any atom is 0.131 e. The molecule has 0 aliphatic heterocycles. The Kier molecular flexibility index (Phi) is 2.26. The fourth-order valence-corrected chi connectivity index (χ4v) is 2.10. The van der Waals surface area contributed by atoms with E-state index in [2.05, 4.69) is 0 Å². The van der Waals surface area contributed by atoms with Gasteiger partial charge in [0.2, 0.25) is 0 Å². The molecule has 3 rings (SSSR count). The topological polar surface area (TPSA) is 26.0 Å². The number of hydrogen-bond donors (Lipinski definition) is 1. The predicted octanol–water partition coefficient (Wildman–Crippen LogP) is 3.44. The molecule has 0 aromatic heterocycles. The highest BCUT2D eigenvalue weighted by atomic mass is 19.1. The molecule has 0 spiro atoms. The predicted molar refractivity (Wildman–Crippen MR) is 66.9 cm³/mol. The molecule has 2 aromatic carbocycles. The minimum absolute atomic E-state index is 0.191. The third kappa shape index (κ3) is 1.85. The molecule has 86 valence electrons. The maximum atomic E-state index is 13.8. The van der Waals surface area contributed by atoms with Crippen LogP contribution in [-0.2, 0) is 5.54 Å². The van der Waals surface area contributed by atoms with Gasteiger partial charge in [0.15, 0.2) is 0 Å². The van der Waals surface area contributed by atoms with E-state index in [0.717, 1.165) is 24.0 Å². The van der Waals surface area contributed by atoms with Crippen molar-refractivity contribution < 1.29 is 4.39 Å². The highest BCUT2D eigenvalue weighted by molar-refractivity contribution is 5.65. The Morgan fingerprint density at radius 2 is 1.71 bits per heavy atom. The van der Waals surface area contributed by atoms with Crippen molar-refractivity contribution in [2.75, 3.05) is 0 Å². The van der Waals surface area contributed by atoms with Gasteiger partial charge in [-0.15, -0.1) is 0 Å². The van der Waals surface area contributed by atoms with Gasteiger partial charge in [0.05, 0.1) is 0 Å². The summed E-state index contributed by atoms with van der Waals surface area (Å²) in [6.07, 6.45) is 1.99. The van der Waals surface area contributed by atoms with E-state index in [1.165, 1.54) is 6.07 Å². The molecule has 1 nitrogen and oxygen atoms in total. The van der Waals surface area contributed by atoms with Crippen LogP contribution in [0.4, 0.5) is 4.39 Å². The Morgan fingerprint density at radius 3 is 2.35 bits per heavy atom. The summed E-state index contributed by atoms with van der Waals surface area (Å²) in [5.74, 6) is -0.191. The summed E-state index contributed by atoms with van der Waals surface area (Å²) in [5, 5.41) is 0. The van der Waals surface area contributed by atoms with Gasteiger partial charge in [-0.1, -0.05) is 36.4 Å². The number of hydrogen-bond acceptors (Lipinski definition) is 1. The average molecular weight is 227 g/mol. The average Bonchev–Trinajstić information content (AvgIpc) is 3.10. The van der Waals surface area contributed by atoms with Gasteiger partial charge in [-0.25, -0.2) is 4.39 Å². The molecule has 2 heteroatoms. The third-order valence-corrected chi connectivity index (χ3v) is 3.41. The zero-order valence-corrected chi connectivity index (χ0v) is 9.49. The van der Waals surface area contributed by atoms with Crippen LogP contribution < -0.4 is 5.73 Å². The standard InChI is InChI=1S/C15H14FN/c16-14-7-6-12(15(17)8-9-15)10-13(14)11-4-2-1-3-5-11/h1-7,10H,8-9,17H2. The minimum Gasteiger partial charge on any atom is -0.321 e. The van der Waals surface area contributed by atoms with E-state index in [-0.39, 0.29) is 11.4 Å². The second-order valence-corrected chi connectivity index (χ2v) is 4.72. The van der Waals surface area contributed by atoms with E-state index in [0.29, 0.717) is 5.56 Å². The molecular formula is C15H14FN. The van der Waals surface area contributed by atoms with E-state index in [1.54, 1.807) is 6.07 Å². The van der Waals surface area contributed by atoms with Crippen LogP contribution in [0.25, 0.3) is 11.1 Å². The third-order valence-electron chi connectivity index (χ3n) is 3.41. The van der Waals surface area contributed by atoms with Gasteiger partial charge < -0.3 is 5.73 Å². The van der Waals surface area contributed by atoms with Crippen molar-refractivity contribution in [3.05, 3.63) is 59.9 Å². The zero-order chi connectivity index (χ0) is 11.9. The van der Waals surface area contributed by atoms with Crippen LogP contribution in [0.3, 0.4) is 0 Å². The van der Waals surface area contributed by atoms with Crippen molar-refractivity contribution >= 4 is 0 Å². The largest absolute Gasteiger partial charge is 0.321 e. The van der Waals surface area contributed by atoms with Gasteiger partial charge in [-0.05, 0) is 36.1 Å². The summed E-state index contributed by atoms with van der Waals surface area (Å²) in [5.41, 5.74) is 8.51. The van der Waals surface area contributed by atoms with Gasteiger partial charge in [0.25, 0.3) is 0 Å². The molecule has 0 amide bonds. The highest BCUT2D eigenvalue weighted by Gasteiger charge is 2.40. The van der Waals surface area contributed by atoms with Crippen LogP contribution in [0.15, 0.2) is 48.5 Å². The first-order valence-electron chi connectivity index (χ1n) is 5.83. The summed E-state index contributed by atoms with van der Waals surface area (Å²) in [6.45, 7) is 0. The lowest BCUT2D eigenvalue weighted by Crippen LogP contribution is -2.18. The molecule has 2 aromatic rings. The molecule has 1 saturated carbocycles. The van der Waals surface area contributed by atoms with E-state index >= 15 is 0 Å². The molecular weight excluding hydrogens is 213 g/mol. The van der Waals surface area contributed by atoms with Crippen molar-refractivity contribution in [1.82, 2.24) is 0 Å². The number of rotatable bonds is 2. The summed E-state index contributed by atoms with van der Waals surface area (Å²) in [4.78, 5) is 0. The Morgan fingerprint density at radius 1 is 1.00 bits per heavy atom. The van der Waals surface area contributed by atoms with E-state index in [1.807, 2.05) is 36.4 Å². The Hall–Kier alpha value is -1.67. The van der Waals surface area contributed by atoms with E-state index in [4.69, 9.17) is 5.73 Å². The van der Waals surface area contributed by atoms with E-state index < -0.39 is 0 Å². The van der Waals surface area contributed by atoms with Crippen LogP contribution in [0.2, 0.25) is 0 Å². The lowest BCUT2D eigenvalue weighted by atomic mass is 9.98. The quantitative estimate of drug-likeness (QED) is 0.835. The van der Waals surface area contributed by atoms with Crippen LogP contribution in [-0.4, -0.2) is 0 Å². The number of halogens is 1. The summed E-state index contributed by atoms with van der Waals surface area (Å²) in [7, 11) is 0. The molecule has 17 heavy (non-hydrogen) atoms. The molecule has 0 heterocycles. The van der Waals surface area contributed by atoms with Crippen molar-refractivity contribution in [3.8, 4) is 11.1 Å². The summed E-state index contributed by atoms with van der Waals surface area (Å²) in [6, 6.07) is 14.8. The second-order valence-electron chi connectivity index (χ2n) is 4.72. The van der Waals surface area contributed by atoms with Crippen LogP contribution in [0.1, 0.15) is 18.4 Å². The van der Waals surface area contributed by atoms with Crippen molar-refractivity contribution in [3.63, 3.8) is 0 Å². The van der Waals surface area contributed by atoms with Crippen LogP contribution in [0, 0.1) is 5.82 Å². The first kappa shape index (κ1) is 10.5. The van der Waals surface area contributed by atoms with Gasteiger partial charge >= 0.3 is 0 Å². The highest BCUT2D eigenvalue weighted by Crippen LogP contribution is 2.43. The summed E-state index contributed by atoms with van der Waals surface area (Å²) >= 11 is 0. The SMILES string of the molecule is NC1(c2ccc(F)c(-c3ccccc3)c2)CC1. The van der Waals surface area contributed by atoms with Crippen LogP contribution in [0.5, 0.6) is 0 Å². The molecule has 2 N–H and O–H groups in total. The molecule has 1 aliphatic rings. The van der Waals surface area contributed by atoms with Gasteiger partial charge in [0.1, 0.15) is 5.82 Å². The Balaban J connectivity index is 2.10. The first-order valence-corrected chi connectivity index (χ1v) is 5.83. The molecule has 0 atom stereocenters. The Bertz CT molecular complexity index is 544. The fraction of sp³-hybridized carbons (Fsp3) is 0.200. The van der Waals surface area contributed by atoms with Crippen molar-refractivity contribution in [1.29, 1.82) is 0 Å². The molecule has 0 unspecified atom stereocenters. The first-order chi connectivity index (χ1) is 8.19. The monoisotopic (exact) mass is 227 g/mol. The molecule has 1 aliphatic carbocycles. The molecule has 0 bridgehead atoms. The lowest BCUT2D eigenvalue weighted by Gasteiger charge is -2.12. The smallest absolute Gasteiger partial charge is 0.131 e. The molecule has 0 radical (unpaired) electrons. The maximum absolute atomic E-state index is 13.8. The normalized spacial score (nSPS) is 16.8. The summed E-state index contributed by atoms with van der Waals surface area (Å²) < 4.78 is 13.8. The second kappa shape index (κ2) is 3.67. The van der Waals surface area contributed by atoms with E-state index in [9.17, 15) is 4.39 Å². The number of benzene rings is 2. The zero-order valence-electron chi connectivity index (χ0n) is 9.49. The molecule has 1 fully saturated rings. The van der Waals surface area contributed by atoms with Gasteiger partial charge in [-0.3, -0.25) is 0 Å². The fourth-order valence-electron chi connectivity index (χ4n) is 2.10. The van der Waals surface area contributed by atoms with Gasteiger partial charge in [-0.2, -0.15) is 0 Å². The number of nitrogens with two attached hydrogens (primary N) is 1. The van der Waals surface area contributed by atoms with Gasteiger partial charge in [0, 0.05) is 11.1 Å². The van der Waals surface area contributed by atoms with Crippen LogP contribution >= 0.6 is 0 Å².